The van der Waals surface area contributed by atoms with Gasteiger partial charge >= 0.3 is 0 Å². The second kappa shape index (κ2) is 6.88. The number of nitrogen functional groups attached to an aromatic ring is 1. The molecule has 0 fully saturated rings. The van der Waals surface area contributed by atoms with Gasteiger partial charge in [0.15, 0.2) is 0 Å². The first kappa shape index (κ1) is 15.0. The third kappa shape index (κ3) is 3.82. The van der Waals surface area contributed by atoms with Crippen molar-refractivity contribution in [3.8, 4) is 0 Å². The van der Waals surface area contributed by atoms with E-state index in [1.165, 1.54) is 0 Å². The number of hydrogen-bond acceptors (Lipinski definition) is 4. The zero-order chi connectivity index (χ0) is 14.5. The van der Waals surface area contributed by atoms with Gasteiger partial charge in [-0.25, -0.2) is 15.8 Å². The summed E-state index contributed by atoms with van der Waals surface area (Å²) in [4.78, 5) is 8.89. The fourth-order valence-corrected chi connectivity index (χ4v) is 2.24. The van der Waals surface area contributed by atoms with E-state index in [9.17, 15) is 0 Å². The second-order valence-electron chi connectivity index (χ2n) is 4.48. The summed E-state index contributed by atoms with van der Waals surface area (Å²) in [5, 5.41) is 1.08. The van der Waals surface area contributed by atoms with Crippen LogP contribution in [0.2, 0.25) is 10.0 Å². The minimum atomic E-state index is 0.533. The molecule has 0 atom stereocenters. The van der Waals surface area contributed by atoms with E-state index in [1.54, 1.807) is 6.07 Å². The van der Waals surface area contributed by atoms with E-state index in [0.717, 1.165) is 24.1 Å². The third-order valence-electron chi connectivity index (χ3n) is 2.83. The quantitative estimate of drug-likeness (QED) is 0.654. The zero-order valence-corrected chi connectivity index (χ0v) is 12.7. The Labute approximate surface area is 128 Å². The van der Waals surface area contributed by atoms with Gasteiger partial charge in [0.1, 0.15) is 11.6 Å². The Bertz CT molecular complexity index is 602. The van der Waals surface area contributed by atoms with Gasteiger partial charge in [-0.1, -0.05) is 42.6 Å². The molecule has 3 N–H and O–H groups in total. The first-order chi connectivity index (χ1) is 9.62. The van der Waals surface area contributed by atoms with E-state index in [-0.39, 0.29) is 0 Å². The number of aryl methyl sites for hydroxylation is 1. The van der Waals surface area contributed by atoms with Crippen LogP contribution in [0.15, 0.2) is 24.3 Å². The van der Waals surface area contributed by atoms with Crippen molar-refractivity contribution in [1.82, 2.24) is 9.97 Å². The summed E-state index contributed by atoms with van der Waals surface area (Å²) < 4.78 is 0. The van der Waals surface area contributed by atoms with E-state index in [0.29, 0.717) is 28.1 Å². The van der Waals surface area contributed by atoms with Crippen LogP contribution >= 0.6 is 23.2 Å². The van der Waals surface area contributed by atoms with Crippen molar-refractivity contribution < 1.29 is 0 Å². The number of anilines is 1. The maximum Gasteiger partial charge on any atom is 0.143 e. The monoisotopic (exact) mass is 310 g/mol. The molecule has 0 aliphatic rings. The van der Waals surface area contributed by atoms with Gasteiger partial charge < -0.3 is 5.43 Å². The van der Waals surface area contributed by atoms with Crippen LogP contribution in [-0.2, 0) is 12.8 Å². The minimum absolute atomic E-state index is 0.533. The van der Waals surface area contributed by atoms with Gasteiger partial charge in [0.2, 0.25) is 0 Å². The highest BCUT2D eigenvalue weighted by Crippen LogP contribution is 2.23. The number of nitrogens with zero attached hydrogens (tertiary/aromatic N) is 2. The number of nitrogens with one attached hydrogen (secondary N) is 1. The van der Waals surface area contributed by atoms with Crippen molar-refractivity contribution in [3.05, 3.63) is 51.4 Å². The highest BCUT2D eigenvalue weighted by molar-refractivity contribution is 6.42. The van der Waals surface area contributed by atoms with Crippen LogP contribution in [0, 0.1) is 0 Å². The van der Waals surface area contributed by atoms with Gasteiger partial charge in [-0.2, -0.15) is 0 Å². The van der Waals surface area contributed by atoms with Crippen LogP contribution in [0.25, 0.3) is 0 Å². The fourth-order valence-electron chi connectivity index (χ4n) is 1.92. The zero-order valence-electron chi connectivity index (χ0n) is 11.2. The molecular weight excluding hydrogens is 295 g/mol. The van der Waals surface area contributed by atoms with E-state index in [4.69, 9.17) is 29.0 Å². The van der Waals surface area contributed by atoms with Crippen molar-refractivity contribution in [2.24, 2.45) is 5.84 Å². The second-order valence-corrected chi connectivity index (χ2v) is 5.29. The SMILES string of the molecule is CCCc1cc(NN)nc(Cc2ccc(Cl)c(Cl)c2)n1. The highest BCUT2D eigenvalue weighted by atomic mass is 35.5. The Morgan fingerprint density at radius 3 is 2.60 bits per heavy atom. The summed E-state index contributed by atoms with van der Waals surface area (Å²) in [6.45, 7) is 2.11. The first-order valence-electron chi connectivity index (χ1n) is 6.39. The predicted molar refractivity (Wildman–Crippen MR) is 83.1 cm³/mol. The van der Waals surface area contributed by atoms with Gasteiger partial charge in [0.05, 0.1) is 10.0 Å². The maximum atomic E-state index is 6.01. The third-order valence-corrected chi connectivity index (χ3v) is 3.56. The molecule has 106 valence electrons. The topological polar surface area (TPSA) is 63.8 Å². The fraction of sp³-hybridized carbons (Fsp3) is 0.286. The molecule has 4 nitrogen and oxygen atoms in total. The Morgan fingerprint density at radius 2 is 1.95 bits per heavy atom. The number of hydrogen-bond donors (Lipinski definition) is 2. The van der Waals surface area contributed by atoms with Crippen molar-refractivity contribution in [2.45, 2.75) is 26.2 Å². The maximum absolute atomic E-state index is 6.01. The lowest BCUT2D eigenvalue weighted by Gasteiger charge is -2.08. The average molecular weight is 311 g/mol. The Balaban J connectivity index is 2.27. The summed E-state index contributed by atoms with van der Waals surface area (Å²) in [6.07, 6.45) is 2.50. The molecule has 0 aliphatic heterocycles. The molecule has 6 heteroatoms. The number of aromatic nitrogens is 2. The van der Waals surface area contributed by atoms with Gasteiger partial charge in [-0.3, -0.25) is 0 Å². The summed E-state index contributed by atoms with van der Waals surface area (Å²) in [6, 6.07) is 7.38. The molecule has 1 aromatic carbocycles. The first-order valence-corrected chi connectivity index (χ1v) is 7.15. The standard InChI is InChI=1S/C14H16Cl2N4/c1-2-3-10-8-14(20-17)19-13(18-10)7-9-4-5-11(15)12(16)6-9/h4-6,8H,2-3,7,17H2,1H3,(H,18,19,20). The predicted octanol–water partition coefficient (Wildman–Crippen LogP) is 3.61. The van der Waals surface area contributed by atoms with Crippen molar-refractivity contribution in [2.75, 3.05) is 5.43 Å². The number of hydrazine groups is 1. The van der Waals surface area contributed by atoms with Crippen molar-refractivity contribution >= 4 is 29.0 Å². The lowest BCUT2D eigenvalue weighted by molar-refractivity contribution is 0.842. The number of halogens is 2. The highest BCUT2D eigenvalue weighted by Gasteiger charge is 2.06. The van der Waals surface area contributed by atoms with Crippen LogP contribution < -0.4 is 11.3 Å². The van der Waals surface area contributed by atoms with E-state index >= 15 is 0 Å². The molecule has 0 unspecified atom stereocenters. The van der Waals surface area contributed by atoms with E-state index < -0.39 is 0 Å². The largest absolute Gasteiger partial charge is 0.308 e. The van der Waals surface area contributed by atoms with Crippen molar-refractivity contribution in [1.29, 1.82) is 0 Å². The summed E-state index contributed by atoms with van der Waals surface area (Å²) in [5.74, 6) is 6.78. The van der Waals surface area contributed by atoms with Crippen LogP contribution in [-0.4, -0.2) is 9.97 Å². The summed E-state index contributed by atoms with van der Waals surface area (Å²) >= 11 is 11.9. The molecule has 0 saturated carbocycles. The normalized spacial score (nSPS) is 10.6. The molecule has 0 spiro atoms. The molecule has 1 heterocycles. The molecule has 0 radical (unpaired) electrons. The van der Waals surface area contributed by atoms with Crippen LogP contribution in [0.4, 0.5) is 5.82 Å². The number of nitrogens with two attached hydrogens (primary N) is 1. The molecule has 2 rings (SSSR count). The molecule has 20 heavy (non-hydrogen) atoms. The van der Waals surface area contributed by atoms with Crippen molar-refractivity contribution in [3.63, 3.8) is 0 Å². The lowest BCUT2D eigenvalue weighted by Crippen LogP contribution is -2.12. The number of benzene rings is 1. The van der Waals surface area contributed by atoms with Gasteiger partial charge in [-0.05, 0) is 24.1 Å². The lowest BCUT2D eigenvalue weighted by atomic mass is 10.1. The number of rotatable bonds is 5. The summed E-state index contributed by atoms with van der Waals surface area (Å²) in [7, 11) is 0. The molecule has 0 saturated heterocycles. The molecule has 0 aliphatic carbocycles. The molecule has 2 aromatic rings. The molecule has 1 aromatic heterocycles. The Kier molecular flexibility index (Phi) is 5.17. The van der Waals surface area contributed by atoms with Gasteiger partial charge in [-0.15, -0.1) is 0 Å². The Morgan fingerprint density at radius 1 is 1.15 bits per heavy atom. The van der Waals surface area contributed by atoms with Crippen LogP contribution in [0.1, 0.15) is 30.4 Å². The minimum Gasteiger partial charge on any atom is -0.308 e. The molecule has 0 amide bonds. The van der Waals surface area contributed by atoms with E-state index in [2.05, 4.69) is 22.3 Å². The van der Waals surface area contributed by atoms with Gasteiger partial charge in [0.25, 0.3) is 0 Å². The summed E-state index contributed by atoms with van der Waals surface area (Å²) in [5.41, 5.74) is 4.56. The molecule has 0 bridgehead atoms. The van der Waals surface area contributed by atoms with Crippen LogP contribution in [0.3, 0.4) is 0 Å². The molecular formula is C14H16Cl2N4. The van der Waals surface area contributed by atoms with E-state index in [1.807, 2.05) is 18.2 Å². The smallest absolute Gasteiger partial charge is 0.143 e. The Hall–Kier alpha value is -1.36. The van der Waals surface area contributed by atoms with Crippen LogP contribution in [0.5, 0.6) is 0 Å². The average Bonchev–Trinajstić information content (AvgIpc) is 2.43. The van der Waals surface area contributed by atoms with Gasteiger partial charge in [0, 0.05) is 18.2 Å².